The van der Waals surface area contributed by atoms with E-state index in [4.69, 9.17) is 4.74 Å². The van der Waals surface area contributed by atoms with Crippen molar-refractivity contribution in [2.45, 2.75) is 25.7 Å². The van der Waals surface area contributed by atoms with Gasteiger partial charge in [0.05, 0.1) is 11.1 Å². The van der Waals surface area contributed by atoms with Gasteiger partial charge in [-0.2, -0.15) is 0 Å². The van der Waals surface area contributed by atoms with Gasteiger partial charge < -0.3 is 20.3 Å². The highest BCUT2D eigenvalue weighted by molar-refractivity contribution is 6.00. The van der Waals surface area contributed by atoms with E-state index in [0.29, 0.717) is 17.4 Å². The van der Waals surface area contributed by atoms with Crippen LogP contribution in [0.3, 0.4) is 0 Å². The van der Waals surface area contributed by atoms with Crippen molar-refractivity contribution in [3.63, 3.8) is 0 Å². The zero-order chi connectivity index (χ0) is 16.7. The Morgan fingerprint density at radius 2 is 2.24 bits per heavy atom. The Morgan fingerprint density at radius 1 is 1.40 bits per heavy atom. The lowest BCUT2D eigenvalue weighted by Gasteiger charge is -2.37. The highest BCUT2D eigenvalue weighted by Gasteiger charge is 2.49. The number of fused-ring (bicyclic) bond motifs is 2. The molecule has 2 atom stereocenters. The molecule has 25 heavy (non-hydrogen) atoms. The second kappa shape index (κ2) is 6.84. The van der Waals surface area contributed by atoms with Gasteiger partial charge in [-0.3, -0.25) is 9.59 Å². The number of amides is 2. The van der Waals surface area contributed by atoms with Crippen LogP contribution in [0.25, 0.3) is 0 Å². The Balaban J connectivity index is 0.00000182. The maximum atomic E-state index is 13.0. The lowest BCUT2D eigenvalue weighted by molar-refractivity contribution is -0.128. The molecule has 2 aliphatic heterocycles. The summed E-state index contributed by atoms with van der Waals surface area (Å²) in [7, 11) is 1.73. The van der Waals surface area contributed by atoms with Crippen molar-refractivity contribution < 1.29 is 14.3 Å². The highest BCUT2D eigenvalue weighted by Crippen LogP contribution is 2.44. The molecule has 1 aliphatic carbocycles. The molecule has 2 heterocycles. The number of nitrogens with zero attached hydrogens (tertiary/aromatic N) is 1. The Hall–Kier alpha value is -1.79. The molecule has 1 saturated heterocycles. The molecule has 2 amide bonds. The number of halogens is 1. The van der Waals surface area contributed by atoms with E-state index in [-0.39, 0.29) is 36.2 Å². The molecule has 1 aromatic rings. The van der Waals surface area contributed by atoms with Crippen LogP contribution in [-0.2, 0) is 9.59 Å². The molecule has 1 aromatic carbocycles. The van der Waals surface area contributed by atoms with Crippen LogP contribution < -0.4 is 20.3 Å². The lowest BCUT2D eigenvalue weighted by Crippen LogP contribution is -2.44. The summed E-state index contributed by atoms with van der Waals surface area (Å²) in [5.74, 6) is 1.11. The molecule has 4 rings (SSSR count). The normalized spacial score (nSPS) is 27.6. The zero-order valence-corrected chi connectivity index (χ0v) is 15.2. The number of carbonyl (C=O) groups excluding carboxylic acids is 2. The van der Waals surface area contributed by atoms with Crippen LogP contribution in [0.5, 0.6) is 5.75 Å². The molecule has 7 heteroatoms. The Kier molecular flexibility index (Phi) is 4.93. The van der Waals surface area contributed by atoms with Crippen LogP contribution in [0.1, 0.15) is 25.7 Å². The minimum atomic E-state index is -0.285. The first kappa shape index (κ1) is 18.0. The largest absolute Gasteiger partial charge is 0.482 e. The van der Waals surface area contributed by atoms with Gasteiger partial charge in [0.1, 0.15) is 5.75 Å². The van der Waals surface area contributed by atoms with E-state index in [1.165, 1.54) is 6.42 Å². The van der Waals surface area contributed by atoms with E-state index in [9.17, 15) is 9.59 Å². The monoisotopic (exact) mass is 365 g/mol. The summed E-state index contributed by atoms with van der Waals surface area (Å²) in [5, 5.41) is 6.49. The average molecular weight is 366 g/mol. The second-order valence-electron chi connectivity index (χ2n) is 7.11. The van der Waals surface area contributed by atoms with Crippen molar-refractivity contribution in [3.8, 4) is 5.75 Å². The molecule has 1 saturated carbocycles. The van der Waals surface area contributed by atoms with Crippen molar-refractivity contribution in [2.24, 2.45) is 11.3 Å². The molecule has 0 spiro atoms. The number of anilines is 2. The van der Waals surface area contributed by atoms with Gasteiger partial charge in [0.2, 0.25) is 5.91 Å². The van der Waals surface area contributed by atoms with E-state index in [2.05, 4.69) is 10.6 Å². The number of carbonyl (C=O) groups is 2. The fourth-order valence-corrected chi connectivity index (χ4v) is 4.30. The first-order chi connectivity index (χ1) is 11.6. The molecule has 0 radical (unpaired) electrons. The number of hydrogen-bond donors (Lipinski definition) is 2. The fourth-order valence-electron chi connectivity index (χ4n) is 4.30. The Morgan fingerprint density at radius 3 is 3.08 bits per heavy atom. The first-order valence-corrected chi connectivity index (χ1v) is 8.66. The summed E-state index contributed by atoms with van der Waals surface area (Å²) >= 11 is 0. The molecule has 6 nitrogen and oxygen atoms in total. The number of rotatable bonds is 2. The fraction of sp³-hybridized carbons (Fsp3) is 0.556. The molecule has 0 unspecified atom stereocenters. The molecular formula is C18H24ClN3O3. The third kappa shape index (κ3) is 2.98. The zero-order valence-electron chi connectivity index (χ0n) is 14.3. The van der Waals surface area contributed by atoms with E-state index < -0.39 is 0 Å². The number of nitrogens with one attached hydrogen (secondary N) is 2. The summed E-state index contributed by atoms with van der Waals surface area (Å²) < 4.78 is 5.44. The van der Waals surface area contributed by atoms with Gasteiger partial charge in [-0.1, -0.05) is 12.8 Å². The van der Waals surface area contributed by atoms with Crippen molar-refractivity contribution in [2.75, 3.05) is 37.0 Å². The predicted molar refractivity (Wildman–Crippen MR) is 98.5 cm³/mol. The SMILES string of the molecule is CN1C(=O)COc2ccc(NC(=O)[C@@]34CCCC[C@H]3CNC4)cc21.Cl. The van der Waals surface area contributed by atoms with Crippen molar-refractivity contribution in [3.05, 3.63) is 18.2 Å². The standard InChI is InChI=1S/C18H23N3O3.ClH/c1-21-14-8-13(5-6-15(14)24-10-16(21)22)20-17(23)18-7-3-2-4-12(18)9-19-11-18;/h5-6,8,12,19H,2-4,7,9-11H2,1H3,(H,20,23);1H/t12-,18+;/m0./s1. The van der Waals surface area contributed by atoms with Crippen LogP contribution in [-0.4, -0.2) is 38.6 Å². The quantitative estimate of drug-likeness (QED) is 0.842. The Bertz CT molecular complexity index is 696. The first-order valence-electron chi connectivity index (χ1n) is 8.66. The van der Waals surface area contributed by atoms with Gasteiger partial charge in [0.25, 0.3) is 5.91 Å². The topological polar surface area (TPSA) is 70.7 Å². The van der Waals surface area contributed by atoms with Crippen LogP contribution in [0, 0.1) is 11.3 Å². The predicted octanol–water partition coefficient (Wildman–Crippen LogP) is 2.18. The van der Waals surface area contributed by atoms with Crippen molar-refractivity contribution >= 4 is 35.6 Å². The second-order valence-corrected chi connectivity index (χ2v) is 7.11. The molecule has 136 valence electrons. The number of benzene rings is 1. The molecule has 0 bridgehead atoms. The van der Waals surface area contributed by atoms with Crippen LogP contribution in [0.15, 0.2) is 18.2 Å². The summed E-state index contributed by atoms with van der Waals surface area (Å²) in [4.78, 5) is 26.4. The summed E-state index contributed by atoms with van der Waals surface area (Å²) in [6.07, 6.45) is 4.39. The van der Waals surface area contributed by atoms with Gasteiger partial charge in [-0.15, -0.1) is 12.4 Å². The highest BCUT2D eigenvalue weighted by atomic mass is 35.5. The van der Waals surface area contributed by atoms with Crippen LogP contribution in [0.2, 0.25) is 0 Å². The van der Waals surface area contributed by atoms with Gasteiger partial charge in [0, 0.05) is 19.3 Å². The molecule has 2 N–H and O–H groups in total. The summed E-state index contributed by atoms with van der Waals surface area (Å²) in [6, 6.07) is 5.48. The molecule has 2 fully saturated rings. The van der Waals surface area contributed by atoms with Gasteiger partial charge in [-0.05, 0) is 43.5 Å². The van der Waals surface area contributed by atoms with E-state index in [1.54, 1.807) is 11.9 Å². The van der Waals surface area contributed by atoms with E-state index >= 15 is 0 Å². The summed E-state index contributed by atoms with van der Waals surface area (Å²) in [6.45, 7) is 1.75. The van der Waals surface area contributed by atoms with Crippen LogP contribution in [0.4, 0.5) is 11.4 Å². The maximum Gasteiger partial charge on any atom is 0.264 e. The van der Waals surface area contributed by atoms with Gasteiger partial charge in [0.15, 0.2) is 6.61 Å². The average Bonchev–Trinajstić information content (AvgIpc) is 3.04. The van der Waals surface area contributed by atoms with Crippen LogP contribution >= 0.6 is 12.4 Å². The number of ether oxygens (including phenoxy) is 1. The molecular weight excluding hydrogens is 342 g/mol. The van der Waals surface area contributed by atoms with Crippen molar-refractivity contribution in [1.82, 2.24) is 5.32 Å². The molecule has 0 aromatic heterocycles. The lowest BCUT2D eigenvalue weighted by atomic mass is 9.67. The third-order valence-electron chi connectivity index (χ3n) is 5.79. The Labute approximate surface area is 153 Å². The van der Waals surface area contributed by atoms with Gasteiger partial charge in [-0.25, -0.2) is 0 Å². The number of likely N-dealkylation sites (N-methyl/N-ethyl adjacent to an activating group) is 1. The van der Waals surface area contributed by atoms with E-state index in [0.717, 1.165) is 38.0 Å². The van der Waals surface area contributed by atoms with Crippen molar-refractivity contribution in [1.29, 1.82) is 0 Å². The third-order valence-corrected chi connectivity index (χ3v) is 5.79. The minimum absolute atomic E-state index is 0. The number of hydrogen-bond acceptors (Lipinski definition) is 4. The maximum absolute atomic E-state index is 13.0. The molecule has 3 aliphatic rings. The smallest absolute Gasteiger partial charge is 0.264 e. The van der Waals surface area contributed by atoms with E-state index in [1.807, 2.05) is 18.2 Å². The minimum Gasteiger partial charge on any atom is -0.482 e. The van der Waals surface area contributed by atoms with Gasteiger partial charge >= 0.3 is 0 Å². The summed E-state index contributed by atoms with van der Waals surface area (Å²) in [5.41, 5.74) is 1.13.